The Morgan fingerprint density at radius 2 is 2.00 bits per heavy atom. The highest BCUT2D eigenvalue weighted by atomic mass is 16.5. The molecule has 1 rings (SSSR count). The van der Waals surface area contributed by atoms with E-state index in [4.69, 9.17) is 10.5 Å². The summed E-state index contributed by atoms with van der Waals surface area (Å²) >= 11 is 0. The van der Waals surface area contributed by atoms with Gasteiger partial charge in [0, 0.05) is 0 Å². The Morgan fingerprint density at radius 3 is 2.62 bits per heavy atom. The summed E-state index contributed by atoms with van der Waals surface area (Å²) in [7, 11) is 0. The molecule has 0 amide bonds. The fraction of sp³-hybridized carbons (Fsp3) is 0.571. The SMILES string of the molecule is Cc1ccc(C(C)C)c(OCCCCN)c1. The van der Waals surface area contributed by atoms with Gasteiger partial charge in [-0.05, 0) is 49.4 Å². The normalized spacial score (nSPS) is 10.8. The number of benzene rings is 1. The van der Waals surface area contributed by atoms with Gasteiger partial charge in [-0.3, -0.25) is 0 Å². The third kappa shape index (κ3) is 3.86. The van der Waals surface area contributed by atoms with E-state index in [1.54, 1.807) is 0 Å². The minimum Gasteiger partial charge on any atom is -0.493 e. The molecule has 0 saturated carbocycles. The Morgan fingerprint density at radius 1 is 1.25 bits per heavy atom. The molecule has 0 unspecified atom stereocenters. The van der Waals surface area contributed by atoms with Crippen LogP contribution >= 0.6 is 0 Å². The second kappa shape index (κ2) is 6.54. The molecule has 0 aliphatic rings. The molecule has 2 nitrogen and oxygen atoms in total. The quantitative estimate of drug-likeness (QED) is 0.748. The molecule has 2 heteroatoms. The van der Waals surface area contributed by atoms with Gasteiger partial charge >= 0.3 is 0 Å². The van der Waals surface area contributed by atoms with Crippen LogP contribution in [0.1, 0.15) is 43.7 Å². The highest BCUT2D eigenvalue weighted by molar-refractivity contribution is 5.39. The number of ether oxygens (including phenoxy) is 1. The van der Waals surface area contributed by atoms with Gasteiger partial charge in [-0.1, -0.05) is 26.0 Å². The van der Waals surface area contributed by atoms with Crippen LogP contribution in [0.15, 0.2) is 18.2 Å². The van der Waals surface area contributed by atoms with Gasteiger partial charge in [-0.2, -0.15) is 0 Å². The van der Waals surface area contributed by atoms with Crippen LogP contribution in [-0.2, 0) is 0 Å². The lowest BCUT2D eigenvalue weighted by Gasteiger charge is -2.14. The molecular weight excluding hydrogens is 198 g/mol. The summed E-state index contributed by atoms with van der Waals surface area (Å²) in [6.07, 6.45) is 2.06. The molecule has 0 heterocycles. The van der Waals surface area contributed by atoms with Crippen LogP contribution in [0.25, 0.3) is 0 Å². The molecule has 0 radical (unpaired) electrons. The molecule has 0 aliphatic carbocycles. The minimum atomic E-state index is 0.505. The van der Waals surface area contributed by atoms with Crippen molar-refractivity contribution in [3.05, 3.63) is 29.3 Å². The lowest BCUT2D eigenvalue weighted by molar-refractivity contribution is 0.303. The van der Waals surface area contributed by atoms with Crippen molar-refractivity contribution in [1.82, 2.24) is 0 Å². The van der Waals surface area contributed by atoms with Crippen molar-refractivity contribution in [2.24, 2.45) is 5.73 Å². The minimum absolute atomic E-state index is 0.505. The number of hydrogen-bond donors (Lipinski definition) is 1. The molecule has 16 heavy (non-hydrogen) atoms. The summed E-state index contributed by atoms with van der Waals surface area (Å²) in [5.41, 5.74) is 7.99. The second-order valence-electron chi connectivity index (χ2n) is 4.54. The van der Waals surface area contributed by atoms with Crippen molar-refractivity contribution in [3.8, 4) is 5.75 Å². The molecule has 0 spiro atoms. The third-order valence-electron chi connectivity index (χ3n) is 2.65. The molecule has 1 aromatic rings. The van der Waals surface area contributed by atoms with Crippen molar-refractivity contribution in [2.45, 2.75) is 39.5 Å². The predicted molar refractivity (Wildman–Crippen MR) is 69.1 cm³/mol. The van der Waals surface area contributed by atoms with E-state index >= 15 is 0 Å². The van der Waals surface area contributed by atoms with E-state index in [0.29, 0.717) is 5.92 Å². The van der Waals surface area contributed by atoms with E-state index in [9.17, 15) is 0 Å². The molecule has 90 valence electrons. The summed E-state index contributed by atoms with van der Waals surface area (Å²) in [4.78, 5) is 0. The van der Waals surface area contributed by atoms with E-state index in [1.165, 1.54) is 11.1 Å². The van der Waals surface area contributed by atoms with Gasteiger partial charge < -0.3 is 10.5 Å². The van der Waals surface area contributed by atoms with Crippen LogP contribution in [0.5, 0.6) is 5.75 Å². The zero-order chi connectivity index (χ0) is 12.0. The monoisotopic (exact) mass is 221 g/mol. The van der Waals surface area contributed by atoms with E-state index < -0.39 is 0 Å². The highest BCUT2D eigenvalue weighted by Gasteiger charge is 2.07. The van der Waals surface area contributed by atoms with Gasteiger partial charge in [0.25, 0.3) is 0 Å². The fourth-order valence-corrected chi connectivity index (χ4v) is 1.67. The first-order chi connectivity index (χ1) is 7.65. The van der Waals surface area contributed by atoms with Crippen molar-refractivity contribution >= 4 is 0 Å². The highest BCUT2D eigenvalue weighted by Crippen LogP contribution is 2.27. The number of unbranched alkanes of at least 4 members (excludes halogenated alkanes) is 1. The maximum Gasteiger partial charge on any atom is 0.122 e. The van der Waals surface area contributed by atoms with Gasteiger partial charge in [-0.25, -0.2) is 0 Å². The largest absolute Gasteiger partial charge is 0.493 e. The number of nitrogens with two attached hydrogens (primary N) is 1. The van der Waals surface area contributed by atoms with Crippen LogP contribution in [0.4, 0.5) is 0 Å². The van der Waals surface area contributed by atoms with Gasteiger partial charge in [0.05, 0.1) is 6.61 Å². The molecule has 0 atom stereocenters. The van der Waals surface area contributed by atoms with Gasteiger partial charge in [0.2, 0.25) is 0 Å². The second-order valence-corrected chi connectivity index (χ2v) is 4.54. The maximum atomic E-state index is 5.83. The zero-order valence-corrected chi connectivity index (χ0v) is 10.6. The van der Waals surface area contributed by atoms with Crippen molar-refractivity contribution < 1.29 is 4.74 Å². The predicted octanol–water partition coefficient (Wildman–Crippen LogP) is 3.24. The Hall–Kier alpha value is -1.02. The van der Waals surface area contributed by atoms with Crippen LogP contribution in [0.2, 0.25) is 0 Å². The lowest BCUT2D eigenvalue weighted by atomic mass is 10.0. The molecule has 0 saturated heterocycles. The van der Waals surface area contributed by atoms with E-state index in [1.807, 2.05) is 0 Å². The summed E-state index contributed by atoms with van der Waals surface area (Å²) in [5.74, 6) is 1.54. The molecule has 1 aromatic carbocycles. The number of rotatable bonds is 6. The molecule has 0 aromatic heterocycles. The maximum absolute atomic E-state index is 5.83. The van der Waals surface area contributed by atoms with Gasteiger partial charge in [0.1, 0.15) is 5.75 Å². The first-order valence-corrected chi connectivity index (χ1v) is 6.08. The summed E-state index contributed by atoms with van der Waals surface area (Å²) < 4.78 is 5.83. The first-order valence-electron chi connectivity index (χ1n) is 6.08. The molecule has 0 aliphatic heterocycles. The van der Waals surface area contributed by atoms with Crippen molar-refractivity contribution in [3.63, 3.8) is 0 Å². The van der Waals surface area contributed by atoms with Crippen molar-refractivity contribution in [1.29, 1.82) is 0 Å². The van der Waals surface area contributed by atoms with E-state index in [2.05, 4.69) is 39.0 Å². The smallest absolute Gasteiger partial charge is 0.122 e. The Bertz CT molecular complexity index is 321. The Balaban J connectivity index is 2.65. The lowest BCUT2D eigenvalue weighted by Crippen LogP contribution is -2.05. The van der Waals surface area contributed by atoms with Crippen molar-refractivity contribution in [2.75, 3.05) is 13.2 Å². The van der Waals surface area contributed by atoms with E-state index in [0.717, 1.165) is 31.7 Å². The summed E-state index contributed by atoms with van der Waals surface area (Å²) in [5, 5.41) is 0. The fourth-order valence-electron chi connectivity index (χ4n) is 1.67. The van der Waals surface area contributed by atoms with E-state index in [-0.39, 0.29) is 0 Å². The number of aryl methyl sites for hydroxylation is 1. The van der Waals surface area contributed by atoms with Gasteiger partial charge in [-0.15, -0.1) is 0 Å². The van der Waals surface area contributed by atoms with Crippen LogP contribution in [0.3, 0.4) is 0 Å². The first kappa shape index (κ1) is 13.0. The summed E-state index contributed by atoms with van der Waals surface area (Å²) in [6.45, 7) is 7.99. The van der Waals surface area contributed by atoms with Gasteiger partial charge in [0.15, 0.2) is 0 Å². The Kier molecular flexibility index (Phi) is 5.33. The summed E-state index contributed by atoms with van der Waals surface area (Å²) in [6, 6.07) is 6.43. The molecule has 0 fully saturated rings. The molecule has 2 N–H and O–H groups in total. The standard InChI is InChI=1S/C14H23NO/c1-11(2)13-7-6-12(3)10-14(13)16-9-5-4-8-15/h6-7,10-11H,4-5,8-9,15H2,1-3H3. The van der Waals surface area contributed by atoms with Crippen LogP contribution in [-0.4, -0.2) is 13.2 Å². The molecular formula is C14H23NO. The average molecular weight is 221 g/mol. The zero-order valence-electron chi connectivity index (χ0n) is 10.6. The number of hydrogen-bond acceptors (Lipinski definition) is 2. The third-order valence-corrected chi connectivity index (χ3v) is 2.65. The van der Waals surface area contributed by atoms with Crippen LogP contribution in [0, 0.1) is 6.92 Å². The Labute approximate surface area is 98.8 Å². The molecule has 0 bridgehead atoms. The average Bonchev–Trinajstić information content (AvgIpc) is 2.24. The topological polar surface area (TPSA) is 35.2 Å². The van der Waals surface area contributed by atoms with Crippen LogP contribution < -0.4 is 10.5 Å².